The molecule has 1 aliphatic heterocycles. The third kappa shape index (κ3) is 3.60. The van der Waals surface area contributed by atoms with Crippen LogP contribution in [-0.2, 0) is 4.79 Å². The van der Waals surface area contributed by atoms with E-state index in [1.807, 2.05) is 13.8 Å². The fourth-order valence-electron chi connectivity index (χ4n) is 1.98. The van der Waals surface area contributed by atoms with Crippen molar-refractivity contribution in [1.29, 1.82) is 0 Å². The summed E-state index contributed by atoms with van der Waals surface area (Å²) in [5.41, 5.74) is -2.62. The summed E-state index contributed by atoms with van der Waals surface area (Å²) in [6, 6.07) is 0. The predicted octanol–water partition coefficient (Wildman–Crippen LogP) is 2.34. The number of rotatable bonds is 3. The lowest BCUT2D eigenvalue weighted by Gasteiger charge is -2.39. The van der Waals surface area contributed by atoms with Crippen LogP contribution in [0.5, 0.6) is 0 Å². The van der Waals surface area contributed by atoms with E-state index in [1.165, 1.54) is 4.90 Å². The van der Waals surface area contributed by atoms with Gasteiger partial charge >= 0.3 is 6.18 Å². The van der Waals surface area contributed by atoms with Crippen LogP contribution in [0.25, 0.3) is 0 Å². The zero-order chi connectivity index (χ0) is 14.0. The Kier molecular flexibility index (Phi) is 4.64. The number of aliphatic hydroxyl groups is 1. The van der Waals surface area contributed by atoms with Crippen LogP contribution in [0.3, 0.4) is 0 Å². The van der Waals surface area contributed by atoms with E-state index >= 15 is 0 Å². The molecule has 0 saturated carbocycles. The molecule has 1 heterocycles. The van der Waals surface area contributed by atoms with Gasteiger partial charge in [0.1, 0.15) is 0 Å². The SMILES string of the molecule is CC(C)CCC(=O)N1CCC(O)(C(F)(F)F)CC1. The quantitative estimate of drug-likeness (QED) is 0.852. The predicted molar refractivity (Wildman–Crippen MR) is 60.9 cm³/mol. The van der Waals surface area contributed by atoms with Gasteiger partial charge in [0.2, 0.25) is 5.91 Å². The summed E-state index contributed by atoms with van der Waals surface area (Å²) in [5.74, 6) is 0.277. The van der Waals surface area contributed by atoms with Gasteiger partial charge in [-0.1, -0.05) is 13.8 Å². The topological polar surface area (TPSA) is 40.5 Å². The number of nitrogens with zero attached hydrogens (tertiary/aromatic N) is 1. The Hall–Kier alpha value is -0.780. The molecule has 0 aromatic rings. The molecule has 3 nitrogen and oxygen atoms in total. The normalized spacial score (nSPS) is 20.3. The Morgan fingerprint density at radius 3 is 2.22 bits per heavy atom. The van der Waals surface area contributed by atoms with Crippen molar-refractivity contribution < 1.29 is 23.1 Å². The highest BCUT2D eigenvalue weighted by molar-refractivity contribution is 5.76. The van der Waals surface area contributed by atoms with Gasteiger partial charge in [0, 0.05) is 32.4 Å². The van der Waals surface area contributed by atoms with Gasteiger partial charge in [-0.3, -0.25) is 4.79 Å². The average Bonchev–Trinajstić information content (AvgIpc) is 2.25. The first kappa shape index (κ1) is 15.3. The van der Waals surface area contributed by atoms with Crippen LogP contribution in [0.15, 0.2) is 0 Å². The Morgan fingerprint density at radius 1 is 1.33 bits per heavy atom. The summed E-state index contributed by atoms with van der Waals surface area (Å²) in [5, 5.41) is 9.46. The first-order chi connectivity index (χ1) is 8.16. The van der Waals surface area contributed by atoms with E-state index in [9.17, 15) is 23.1 Å². The lowest BCUT2D eigenvalue weighted by atomic mass is 9.90. The first-order valence-corrected chi connectivity index (χ1v) is 6.22. The number of piperidine rings is 1. The van der Waals surface area contributed by atoms with Crippen LogP contribution >= 0.6 is 0 Å². The van der Waals surface area contributed by atoms with E-state index < -0.39 is 24.6 Å². The third-order valence-corrected chi connectivity index (χ3v) is 3.41. The monoisotopic (exact) mass is 267 g/mol. The molecule has 106 valence electrons. The summed E-state index contributed by atoms with van der Waals surface area (Å²) in [6.07, 6.45) is -4.37. The van der Waals surface area contributed by atoms with Gasteiger partial charge in [-0.05, 0) is 12.3 Å². The minimum atomic E-state index is -4.61. The molecule has 0 atom stereocenters. The maximum Gasteiger partial charge on any atom is 0.417 e. The highest BCUT2D eigenvalue weighted by Crippen LogP contribution is 2.38. The van der Waals surface area contributed by atoms with E-state index in [-0.39, 0.29) is 19.0 Å². The van der Waals surface area contributed by atoms with E-state index in [0.29, 0.717) is 12.3 Å². The van der Waals surface area contributed by atoms with E-state index in [4.69, 9.17) is 0 Å². The number of hydrogen-bond donors (Lipinski definition) is 1. The van der Waals surface area contributed by atoms with E-state index in [1.54, 1.807) is 0 Å². The highest BCUT2D eigenvalue weighted by Gasteiger charge is 2.54. The molecular weight excluding hydrogens is 247 g/mol. The Labute approximate surface area is 105 Å². The number of alkyl halides is 3. The lowest BCUT2D eigenvalue weighted by molar-refractivity contribution is -0.272. The van der Waals surface area contributed by atoms with Crippen molar-refractivity contribution in [3.8, 4) is 0 Å². The molecule has 0 aromatic carbocycles. The molecule has 0 aromatic heterocycles. The molecule has 6 heteroatoms. The molecule has 1 saturated heterocycles. The van der Waals surface area contributed by atoms with E-state index in [2.05, 4.69) is 0 Å². The van der Waals surface area contributed by atoms with Gasteiger partial charge in [0.25, 0.3) is 0 Å². The van der Waals surface area contributed by atoms with Crippen molar-refractivity contribution in [2.75, 3.05) is 13.1 Å². The summed E-state index contributed by atoms with van der Waals surface area (Å²) in [4.78, 5) is 13.1. The van der Waals surface area contributed by atoms with Crippen LogP contribution < -0.4 is 0 Å². The number of carbonyl (C=O) groups excluding carboxylic acids is 1. The molecular formula is C12H20F3NO2. The molecule has 1 aliphatic rings. The largest absolute Gasteiger partial charge is 0.417 e. The number of carbonyl (C=O) groups is 1. The van der Waals surface area contributed by atoms with Crippen LogP contribution in [-0.4, -0.2) is 40.8 Å². The standard InChI is InChI=1S/C12H20F3NO2/c1-9(2)3-4-10(17)16-7-5-11(18,6-8-16)12(13,14)15/h9,18H,3-8H2,1-2H3. The lowest BCUT2D eigenvalue weighted by Crippen LogP contribution is -2.54. The van der Waals surface area contributed by atoms with Crippen LogP contribution in [0.2, 0.25) is 0 Å². The maximum absolute atomic E-state index is 12.6. The van der Waals surface area contributed by atoms with Gasteiger partial charge in [-0.2, -0.15) is 13.2 Å². The maximum atomic E-state index is 12.6. The fourth-order valence-corrected chi connectivity index (χ4v) is 1.98. The highest BCUT2D eigenvalue weighted by atomic mass is 19.4. The van der Waals surface area contributed by atoms with Crippen molar-refractivity contribution in [3.63, 3.8) is 0 Å². The van der Waals surface area contributed by atoms with Crippen molar-refractivity contribution in [2.24, 2.45) is 5.92 Å². The molecule has 0 spiro atoms. The van der Waals surface area contributed by atoms with Crippen molar-refractivity contribution in [1.82, 2.24) is 4.90 Å². The fraction of sp³-hybridized carbons (Fsp3) is 0.917. The minimum Gasteiger partial charge on any atom is -0.380 e. The van der Waals surface area contributed by atoms with Gasteiger partial charge in [0.05, 0.1) is 0 Å². The van der Waals surface area contributed by atoms with Gasteiger partial charge in [0.15, 0.2) is 5.60 Å². The number of halogens is 3. The first-order valence-electron chi connectivity index (χ1n) is 6.22. The van der Waals surface area contributed by atoms with Gasteiger partial charge < -0.3 is 10.0 Å². The van der Waals surface area contributed by atoms with Gasteiger partial charge in [-0.15, -0.1) is 0 Å². The number of likely N-dealkylation sites (tertiary alicyclic amines) is 1. The summed E-state index contributed by atoms with van der Waals surface area (Å²) in [6.45, 7) is 3.94. The van der Waals surface area contributed by atoms with Crippen molar-refractivity contribution >= 4 is 5.91 Å². The Morgan fingerprint density at radius 2 is 1.83 bits per heavy atom. The van der Waals surface area contributed by atoms with Crippen LogP contribution in [0, 0.1) is 5.92 Å². The Balaban J connectivity index is 2.46. The second kappa shape index (κ2) is 5.47. The summed E-state index contributed by atoms with van der Waals surface area (Å²) in [7, 11) is 0. The molecule has 18 heavy (non-hydrogen) atoms. The van der Waals surface area contributed by atoms with Crippen LogP contribution in [0.1, 0.15) is 39.5 Å². The average molecular weight is 267 g/mol. The molecule has 0 bridgehead atoms. The third-order valence-electron chi connectivity index (χ3n) is 3.41. The molecule has 1 fully saturated rings. The van der Waals surface area contributed by atoms with Crippen LogP contribution in [0.4, 0.5) is 13.2 Å². The molecule has 1 amide bonds. The molecule has 1 rings (SSSR count). The second-order valence-corrected chi connectivity index (χ2v) is 5.34. The van der Waals surface area contributed by atoms with Crippen molar-refractivity contribution in [3.05, 3.63) is 0 Å². The number of amides is 1. The van der Waals surface area contributed by atoms with Gasteiger partial charge in [-0.25, -0.2) is 0 Å². The summed E-state index contributed by atoms with van der Waals surface area (Å²) < 4.78 is 37.7. The van der Waals surface area contributed by atoms with E-state index in [0.717, 1.165) is 6.42 Å². The minimum absolute atomic E-state index is 0.0209. The molecule has 0 unspecified atom stereocenters. The zero-order valence-corrected chi connectivity index (χ0v) is 10.8. The molecule has 0 radical (unpaired) electrons. The zero-order valence-electron chi connectivity index (χ0n) is 10.8. The smallest absolute Gasteiger partial charge is 0.380 e. The Bertz CT molecular complexity index is 294. The second-order valence-electron chi connectivity index (χ2n) is 5.34. The summed E-state index contributed by atoms with van der Waals surface area (Å²) >= 11 is 0. The van der Waals surface area contributed by atoms with Crippen molar-refractivity contribution in [2.45, 2.75) is 51.3 Å². The molecule has 0 aliphatic carbocycles. The molecule has 1 N–H and O–H groups in total. The number of hydrogen-bond acceptors (Lipinski definition) is 2.